The lowest BCUT2D eigenvalue weighted by Crippen LogP contribution is -2.27. The molecule has 0 bridgehead atoms. The van der Waals surface area contributed by atoms with Crippen molar-refractivity contribution in [1.29, 1.82) is 0 Å². The summed E-state index contributed by atoms with van der Waals surface area (Å²) in [5, 5.41) is 14.8. The topological polar surface area (TPSA) is 59.8 Å². The van der Waals surface area contributed by atoms with E-state index < -0.39 is 0 Å². The lowest BCUT2D eigenvalue weighted by molar-refractivity contribution is -0.124. The minimum absolute atomic E-state index is 0.0121. The summed E-state index contributed by atoms with van der Waals surface area (Å²) in [6.45, 7) is 4.14. The second-order valence-electron chi connectivity index (χ2n) is 4.01. The summed E-state index contributed by atoms with van der Waals surface area (Å²) in [7, 11) is 0. The fourth-order valence-electron chi connectivity index (χ4n) is 1.28. The number of nitrogens with one attached hydrogen (secondary N) is 1. The van der Waals surface area contributed by atoms with Crippen LogP contribution in [0.4, 0.5) is 0 Å². The molecule has 0 atom stereocenters. The Morgan fingerprint density at radius 2 is 2.41 bits per heavy atom. The lowest BCUT2D eigenvalue weighted by Gasteiger charge is -2.04. The first-order valence-corrected chi connectivity index (χ1v) is 6.32. The number of nitrogens with zero attached hydrogens (tertiary/aromatic N) is 3. The van der Waals surface area contributed by atoms with E-state index in [4.69, 9.17) is 0 Å². The zero-order chi connectivity index (χ0) is 12.3. The average molecular weight is 250 g/mol. The quantitative estimate of drug-likeness (QED) is 0.896. The van der Waals surface area contributed by atoms with E-state index in [2.05, 4.69) is 15.6 Å². The average Bonchev–Trinajstić information content (AvgIpc) is 2.95. The number of carbonyl (C=O) groups is 1. The van der Waals surface area contributed by atoms with E-state index in [1.165, 1.54) is 0 Å². The van der Waals surface area contributed by atoms with Gasteiger partial charge in [-0.05, 0) is 11.4 Å². The molecule has 0 aliphatic carbocycles. The zero-order valence-corrected chi connectivity index (χ0v) is 10.6. The predicted molar refractivity (Wildman–Crippen MR) is 65.9 cm³/mol. The maximum absolute atomic E-state index is 11.4. The van der Waals surface area contributed by atoms with Crippen molar-refractivity contribution in [3.63, 3.8) is 0 Å². The third kappa shape index (κ3) is 2.91. The smallest absolute Gasteiger partial charge is 0.222 e. The summed E-state index contributed by atoms with van der Waals surface area (Å²) in [5.74, 6) is 0.0111. The van der Waals surface area contributed by atoms with E-state index in [0.29, 0.717) is 6.54 Å². The highest BCUT2D eigenvalue weighted by atomic mass is 32.1. The maximum Gasteiger partial charge on any atom is 0.222 e. The van der Waals surface area contributed by atoms with Gasteiger partial charge in [0.1, 0.15) is 5.69 Å². The number of hydrogen-bond acceptors (Lipinski definition) is 4. The Kier molecular flexibility index (Phi) is 3.53. The summed E-state index contributed by atoms with van der Waals surface area (Å²) in [5.41, 5.74) is 1.74. The fourth-order valence-corrected chi connectivity index (χ4v) is 1.90. The first-order chi connectivity index (χ1) is 8.16. The Balaban J connectivity index is 1.97. The molecule has 0 aromatic carbocycles. The maximum atomic E-state index is 11.4. The van der Waals surface area contributed by atoms with Gasteiger partial charge in [0.05, 0.1) is 18.4 Å². The molecule has 0 aliphatic rings. The summed E-state index contributed by atoms with van der Waals surface area (Å²) >= 11 is 1.61. The van der Waals surface area contributed by atoms with Crippen LogP contribution < -0.4 is 5.32 Å². The molecule has 5 nitrogen and oxygen atoms in total. The van der Waals surface area contributed by atoms with Gasteiger partial charge in [0.15, 0.2) is 0 Å². The molecule has 6 heteroatoms. The van der Waals surface area contributed by atoms with Crippen LogP contribution in [0, 0.1) is 5.92 Å². The molecule has 0 fully saturated rings. The van der Waals surface area contributed by atoms with E-state index >= 15 is 0 Å². The number of hydrogen-bond donors (Lipinski definition) is 1. The predicted octanol–water partition coefficient (Wildman–Crippen LogP) is 1.60. The molecule has 17 heavy (non-hydrogen) atoms. The van der Waals surface area contributed by atoms with Gasteiger partial charge < -0.3 is 5.32 Å². The summed E-state index contributed by atoms with van der Waals surface area (Å²) in [4.78, 5) is 11.4. The molecule has 0 saturated carbocycles. The van der Waals surface area contributed by atoms with Gasteiger partial charge in [-0.3, -0.25) is 4.79 Å². The number of thiophene rings is 1. The largest absolute Gasteiger partial charge is 0.350 e. The van der Waals surface area contributed by atoms with Crippen molar-refractivity contribution < 1.29 is 4.79 Å². The standard InChI is InChI=1S/C11H14N4OS/c1-8(2)11(16)12-5-9-6-15(14-13-9)10-3-4-17-7-10/h3-4,6-8H,5H2,1-2H3,(H,12,16). The van der Waals surface area contributed by atoms with Crippen molar-refractivity contribution in [2.24, 2.45) is 5.92 Å². The van der Waals surface area contributed by atoms with Crippen LogP contribution in [0.1, 0.15) is 19.5 Å². The molecule has 1 N–H and O–H groups in total. The molecule has 1 amide bonds. The van der Waals surface area contributed by atoms with Crippen molar-refractivity contribution in [3.05, 3.63) is 28.7 Å². The SMILES string of the molecule is CC(C)C(=O)NCc1cn(-c2ccsc2)nn1. The summed E-state index contributed by atoms with van der Waals surface area (Å²) < 4.78 is 1.70. The molecule has 0 aliphatic heterocycles. The van der Waals surface area contributed by atoms with Gasteiger partial charge in [0.25, 0.3) is 0 Å². The third-order valence-electron chi connectivity index (χ3n) is 2.28. The van der Waals surface area contributed by atoms with Crippen molar-refractivity contribution in [1.82, 2.24) is 20.3 Å². The van der Waals surface area contributed by atoms with E-state index in [0.717, 1.165) is 11.4 Å². The normalized spacial score (nSPS) is 10.8. The second kappa shape index (κ2) is 5.09. The molecule has 2 rings (SSSR count). The van der Waals surface area contributed by atoms with Gasteiger partial charge in [0.2, 0.25) is 5.91 Å². The molecule has 0 radical (unpaired) electrons. The molecule has 2 heterocycles. The van der Waals surface area contributed by atoms with Gasteiger partial charge in [-0.25, -0.2) is 4.68 Å². The molecular formula is C11H14N4OS. The van der Waals surface area contributed by atoms with Gasteiger partial charge in [-0.1, -0.05) is 19.1 Å². The molecule has 2 aromatic rings. The van der Waals surface area contributed by atoms with Gasteiger partial charge >= 0.3 is 0 Å². The van der Waals surface area contributed by atoms with Gasteiger partial charge in [-0.2, -0.15) is 11.3 Å². The minimum Gasteiger partial charge on any atom is -0.350 e. The first kappa shape index (κ1) is 11.8. The molecular weight excluding hydrogens is 236 g/mol. The highest BCUT2D eigenvalue weighted by Gasteiger charge is 2.08. The Bertz CT molecular complexity index is 489. The second-order valence-corrected chi connectivity index (χ2v) is 4.79. The van der Waals surface area contributed by atoms with Gasteiger partial charge in [-0.15, -0.1) is 5.10 Å². The van der Waals surface area contributed by atoms with E-state index in [-0.39, 0.29) is 11.8 Å². The van der Waals surface area contributed by atoms with E-state index in [1.54, 1.807) is 16.0 Å². The Hall–Kier alpha value is -1.69. The lowest BCUT2D eigenvalue weighted by atomic mass is 10.2. The molecule has 90 valence electrons. The summed E-state index contributed by atoms with van der Waals surface area (Å²) in [6, 6.07) is 1.97. The van der Waals surface area contributed by atoms with Crippen molar-refractivity contribution in [2.45, 2.75) is 20.4 Å². The van der Waals surface area contributed by atoms with E-state index in [9.17, 15) is 4.79 Å². The monoisotopic (exact) mass is 250 g/mol. The fraction of sp³-hybridized carbons (Fsp3) is 0.364. The van der Waals surface area contributed by atoms with Crippen molar-refractivity contribution >= 4 is 17.2 Å². The number of carbonyl (C=O) groups excluding carboxylic acids is 1. The number of aromatic nitrogens is 3. The van der Waals surface area contributed by atoms with Gasteiger partial charge in [0, 0.05) is 11.3 Å². The third-order valence-corrected chi connectivity index (χ3v) is 2.95. The minimum atomic E-state index is -0.0121. The van der Waals surface area contributed by atoms with E-state index in [1.807, 2.05) is 36.9 Å². The highest BCUT2D eigenvalue weighted by molar-refractivity contribution is 7.08. The highest BCUT2D eigenvalue weighted by Crippen LogP contribution is 2.10. The van der Waals surface area contributed by atoms with Crippen LogP contribution >= 0.6 is 11.3 Å². The van der Waals surface area contributed by atoms with Crippen molar-refractivity contribution in [3.8, 4) is 5.69 Å². The molecule has 0 spiro atoms. The van der Waals surface area contributed by atoms with Crippen LogP contribution in [-0.2, 0) is 11.3 Å². The van der Waals surface area contributed by atoms with Crippen LogP contribution in [0.15, 0.2) is 23.0 Å². The number of rotatable bonds is 4. The zero-order valence-electron chi connectivity index (χ0n) is 9.75. The first-order valence-electron chi connectivity index (χ1n) is 5.38. The van der Waals surface area contributed by atoms with Crippen LogP contribution in [0.5, 0.6) is 0 Å². The summed E-state index contributed by atoms with van der Waals surface area (Å²) in [6.07, 6.45) is 1.82. The molecule has 2 aromatic heterocycles. The van der Waals surface area contributed by atoms with Crippen LogP contribution in [-0.4, -0.2) is 20.9 Å². The Labute approximate surface area is 103 Å². The van der Waals surface area contributed by atoms with Crippen LogP contribution in [0.2, 0.25) is 0 Å². The van der Waals surface area contributed by atoms with Crippen LogP contribution in [0.25, 0.3) is 5.69 Å². The molecule has 0 saturated heterocycles. The molecule has 0 unspecified atom stereocenters. The van der Waals surface area contributed by atoms with Crippen molar-refractivity contribution in [2.75, 3.05) is 0 Å². The number of amides is 1. The van der Waals surface area contributed by atoms with Crippen LogP contribution in [0.3, 0.4) is 0 Å². The Morgan fingerprint density at radius 1 is 1.59 bits per heavy atom. The Morgan fingerprint density at radius 3 is 3.06 bits per heavy atom.